The third-order valence-corrected chi connectivity index (χ3v) is 5.29. The van der Waals surface area contributed by atoms with Gasteiger partial charge in [-0.1, -0.05) is 11.6 Å². The normalized spacial score (nSPS) is 10.8. The van der Waals surface area contributed by atoms with Gasteiger partial charge in [0.25, 0.3) is 0 Å². The zero-order chi connectivity index (χ0) is 21.1. The van der Waals surface area contributed by atoms with Gasteiger partial charge in [0.15, 0.2) is 16.6 Å². The van der Waals surface area contributed by atoms with Gasteiger partial charge in [0.1, 0.15) is 6.61 Å². The van der Waals surface area contributed by atoms with Gasteiger partial charge in [0.2, 0.25) is 5.91 Å². The van der Waals surface area contributed by atoms with Gasteiger partial charge in [0, 0.05) is 24.5 Å². The number of hydrogen-bond donors (Lipinski definition) is 0. The Morgan fingerprint density at radius 3 is 2.66 bits per heavy atom. The second kappa shape index (κ2) is 8.71. The molecular formula is C19H20ClN5O3S. The summed E-state index contributed by atoms with van der Waals surface area (Å²) in [6.45, 7) is 7.59. The third-order valence-electron chi connectivity index (χ3n) is 4.07. The predicted molar refractivity (Wildman–Crippen MR) is 111 cm³/mol. The van der Waals surface area contributed by atoms with Crippen LogP contribution in [0.25, 0.3) is 5.82 Å². The van der Waals surface area contributed by atoms with Crippen molar-refractivity contribution in [2.24, 2.45) is 0 Å². The zero-order valence-corrected chi connectivity index (χ0v) is 18.0. The van der Waals surface area contributed by atoms with Crippen LogP contribution in [-0.2, 0) is 16.1 Å². The minimum Gasteiger partial charge on any atom is -0.454 e. The Labute approximate surface area is 177 Å². The lowest BCUT2D eigenvalue weighted by molar-refractivity contribution is -0.116. The van der Waals surface area contributed by atoms with Crippen LogP contribution in [0.4, 0.5) is 5.13 Å². The molecule has 29 heavy (non-hydrogen) atoms. The van der Waals surface area contributed by atoms with Gasteiger partial charge in [-0.05, 0) is 39.0 Å². The standard InChI is InChI=1S/C19H20ClN5O3S/c1-5-24(13(4)26)19-21-14(10-29-19)9-28-18(27)17-15(20)6-7-16(22-17)25-12(3)8-11(2)23-25/h6-8,10H,5,9H2,1-4H3. The lowest BCUT2D eigenvalue weighted by Crippen LogP contribution is -2.27. The molecule has 3 aromatic heterocycles. The van der Waals surface area contributed by atoms with Crippen LogP contribution in [-0.4, -0.2) is 38.2 Å². The highest BCUT2D eigenvalue weighted by molar-refractivity contribution is 7.14. The summed E-state index contributed by atoms with van der Waals surface area (Å²) in [4.78, 5) is 34.4. The highest BCUT2D eigenvalue weighted by atomic mass is 35.5. The number of nitrogens with zero attached hydrogens (tertiary/aromatic N) is 5. The van der Waals surface area contributed by atoms with Crippen LogP contribution in [0.2, 0.25) is 5.02 Å². The number of aryl methyl sites for hydroxylation is 2. The Morgan fingerprint density at radius 1 is 1.28 bits per heavy atom. The number of carbonyl (C=O) groups is 2. The second-order valence-corrected chi connectivity index (χ2v) is 7.54. The Morgan fingerprint density at radius 2 is 2.03 bits per heavy atom. The summed E-state index contributed by atoms with van der Waals surface area (Å²) >= 11 is 7.47. The van der Waals surface area contributed by atoms with Gasteiger partial charge < -0.3 is 4.74 Å². The number of amides is 1. The lowest BCUT2D eigenvalue weighted by atomic mass is 10.3. The molecule has 10 heteroatoms. The lowest BCUT2D eigenvalue weighted by Gasteiger charge is -2.14. The fourth-order valence-corrected chi connectivity index (χ4v) is 3.84. The van der Waals surface area contributed by atoms with E-state index in [4.69, 9.17) is 16.3 Å². The van der Waals surface area contributed by atoms with Crippen molar-refractivity contribution in [2.75, 3.05) is 11.4 Å². The first-order valence-corrected chi connectivity index (χ1v) is 10.2. The molecule has 3 aromatic rings. The number of ether oxygens (including phenoxy) is 1. The molecule has 0 saturated heterocycles. The zero-order valence-electron chi connectivity index (χ0n) is 16.5. The van der Waals surface area contributed by atoms with Gasteiger partial charge in [-0.25, -0.2) is 19.4 Å². The van der Waals surface area contributed by atoms with Crippen LogP contribution in [0.3, 0.4) is 0 Å². The molecule has 0 bridgehead atoms. The number of anilines is 1. The van der Waals surface area contributed by atoms with Gasteiger partial charge in [0.05, 0.1) is 16.4 Å². The first-order valence-electron chi connectivity index (χ1n) is 8.90. The number of carbonyl (C=O) groups excluding carboxylic acids is 2. The number of aromatic nitrogens is 4. The molecule has 0 radical (unpaired) electrons. The second-order valence-electron chi connectivity index (χ2n) is 6.30. The molecule has 0 spiro atoms. The van der Waals surface area contributed by atoms with Crippen molar-refractivity contribution in [3.05, 3.63) is 51.4 Å². The van der Waals surface area contributed by atoms with E-state index < -0.39 is 5.97 Å². The van der Waals surface area contributed by atoms with Gasteiger partial charge in [-0.15, -0.1) is 11.3 Å². The number of halogens is 1. The van der Waals surface area contributed by atoms with Crippen molar-refractivity contribution in [3.63, 3.8) is 0 Å². The van der Waals surface area contributed by atoms with Crippen LogP contribution >= 0.6 is 22.9 Å². The smallest absolute Gasteiger partial charge is 0.358 e. The third kappa shape index (κ3) is 4.63. The fraction of sp³-hybridized carbons (Fsp3) is 0.316. The minimum atomic E-state index is -0.660. The molecule has 0 saturated carbocycles. The predicted octanol–water partition coefficient (Wildman–Crippen LogP) is 3.72. The fourth-order valence-electron chi connectivity index (χ4n) is 2.74. The SMILES string of the molecule is CCN(C(C)=O)c1nc(COC(=O)c2nc(-n3nc(C)cc3C)ccc2Cl)cs1. The summed E-state index contributed by atoms with van der Waals surface area (Å²) in [5.41, 5.74) is 2.28. The van der Waals surface area contributed by atoms with Crippen molar-refractivity contribution in [1.29, 1.82) is 0 Å². The van der Waals surface area contributed by atoms with Crippen molar-refractivity contribution in [2.45, 2.75) is 34.3 Å². The van der Waals surface area contributed by atoms with Gasteiger partial charge >= 0.3 is 5.97 Å². The Balaban J connectivity index is 1.74. The van der Waals surface area contributed by atoms with E-state index >= 15 is 0 Å². The minimum absolute atomic E-state index is 0.00564. The van der Waals surface area contributed by atoms with E-state index in [9.17, 15) is 9.59 Å². The average Bonchev–Trinajstić information content (AvgIpc) is 3.26. The van der Waals surface area contributed by atoms with Crippen molar-refractivity contribution >= 4 is 39.9 Å². The molecular weight excluding hydrogens is 414 g/mol. The number of hydrogen-bond acceptors (Lipinski definition) is 7. The van der Waals surface area contributed by atoms with E-state index in [1.807, 2.05) is 26.8 Å². The molecule has 0 unspecified atom stereocenters. The molecule has 8 nitrogen and oxygen atoms in total. The molecule has 0 N–H and O–H groups in total. The Kier molecular flexibility index (Phi) is 6.29. The average molecular weight is 434 g/mol. The number of esters is 1. The van der Waals surface area contributed by atoms with Gasteiger partial charge in [-0.2, -0.15) is 5.10 Å². The summed E-state index contributed by atoms with van der Waals surface area (Å²) in [5, 5.41) is 6.86. The number of pyridine rings is 1. The molecule has 152 valence electrons. The van der Waals surface area contributed by atoms with Gasteiger partial charge in [-0.3, -0.25) is 9.69 Å². The highest BCUT2D eigenvalue weighted by Gasteiger charge is 2.18. The van der Waals surface area contributed by atoms with E-state index in [1.54, 1.807) is 27.1 Å². The Hall–Kier alpha value is -2.78. The molecule has 1 amide bonds. The van der Waals surface area contributed by atoms with E-state index in [2.05, 4.69) is 15.1 Å². The molecule has 0 atom stereocenters. The first-order chi connectivity index (χ1) is 13.8. The van der Waals surface area contributed by atoms with Crippen LogP contribution in [0.5, 0.6) is 0 Å². The molecule has 3 heterocycles. The van der Waals surface area contributed by atoms with Crippen molar-refractivity contribution in [1.82, 2.24) is 19.7 Å². The molecule has 0 fully saturated rings. The summed E-state index contributed by atoms with van der Waals surface area (Å²) in [7, 11) is 0. The maximum Gasteiger partial charge on any atom is 0.358 e. The van der Waals surface area contributed by atoms with E-state index in [1.165, 1.54) is 18.3 Å². The molecule has 0 aliphatic heterocycles. The maximum absolute atomic E-state index is 12.5. The van der Waals surface area contributed by atoms with E-state index in [0.717, 1.165) is 11.4 Å². The van der Waals surface area contributed by atoms with Crippen LogP contribution in [0.15, 0.2) is 23.6 Å². The van der Waals surface area contributed by atoms with Crippen LogP contribution in [0.1, 0.15) is 41.4 Å². The summed E-state index contributed by atoms with van der Waals surface area (Å²) in [6.07, 6.45) is 0. The quantitative estimate of drug-likeness (QED) is 0.550. The number of rotatable bonds is 6. The van der Waals surface area contributed by atoms with Crippen LogP contribution < -0.4 is 4.90 Å². The largest absolute Gasteiger partial charge is 0.454 e. The first kappa shape index (κ1) is 20.9. The van der Waals surface area contributed by atoms with E-state index in [0.29, 0.717) is 23.2 Å². The van der Waals surface area contributed by atoms with Crippen molar-refractivity contribution in [3.8, 4) is 5.82 Å². The molecule has 0 aliphatic carbocycles. The molecule has 3 rings (SSSR count). The Bertz CT molecular complexity index is 1060. The number of thiazole rings is 1. The highest BCUT2D eigenvalue weighted by Crippen LogP contribution is 2.22. The summed E-state index contributed by atoms with van der Waals surface area (Å²) in [6, 6.07) is 5.19. The van der Waals surface area contributed by atoms with Crippen LogP contribution in [0, 0.1) is 13.8 Å². The van der Waals surface area contributed by atoms with E-state index in [-0.39, 0.29) is 23.2 Å². The maximum atomic E-state index is 12.5. The summed E-state index contributed by atoms with van der Waals surface area (Å²) < 4.78 is 6.97. The van der Waals surface area contributed by atoms with Crippen molar-refractivity contribution < 1.29 is 14.3 Å². The molecule has 0 aromatic carbocycles. The topological polar surface area (TPSA) is 90.2 Å². The molecule has 0 aliphatic rings. The monoisotopic (exact) mass is 433 g/mol. The summed E-state index contributed by atoms with van der Waals surface area (Å²) in [5.74, 6) is -0.280.